The smallest absolute Gasteiger partial charge is 0.299 e. The number of hydrogen-bond donors (Lipinski definition) is 2. The van der Waals surface area contributed by atoms with Gasteiger partial charge in [-0.3, -0.25) is 4.79 Å². The van der Waals surface area contributed by atoms with E-state index in [2.05, 4.69) is 32.1 Å². The van der Waals surface area contributed by atoms with Crippen molar-refractivity contribution in [2.45, 2.75) is 24.2 Å². The highest BCUT2D eigenvalue weighted by Gasteiger charge is 2.59. The monoisotopic (exact) mass is 538 g/mol. The number of hydrogen-bond acceptors (Lipinski definition) is 9. The van der Waals surface area contributed by atoms with Gasteiger partial charge in [0, 0.05) is 25.8 Å². The van der Waals surface area contributed by atoms with Crippen molar-refractivity contribution in [1.29, 1.82) is 0 Å². The van der Waals surface area contributed by atoms with Crippen LogP contribution in [0.2, 0.25) is 5.02 Å². The number of carbonyl (C=O) groups excluding carboxylic acids is 1. The first-order chi connectivity index (χ1) is 17.6. The molecule has 0 radical (unpaired) electrons. The van der Waals surface area contributed by atoms with Gasteiger partial charge in [0.15, 0.2) is 12.2 Å². The molecule has 2 saturated heterocycles. The molecule has 0 unspecified atom stereocenters. The van der Waals surface area contributed by atoms with E-state index in [0.717, 1.165) is 18.8 Å². The largest absolute Gasteiger partial charge is 0.468 e. The number of ether oxygens (including phenoxy) is 3. The molecule has 2 N–H and O–H groups in total. The number of aromatic nitrogens is 2. The first-order valence-electron chi connectivity index (χ1n) is 11.6. The second-order valence-corrected chi connectivity index (χ2v) is 9.48. The Morgan fingerprint density at radius 3 is 2.84 bits per heavy atom. The number of nitrogens with one attached hydrogen (secondary N) is 2. The molecule has 3 atom stereocenters. The van der Waals surface area contributed by atoms with Crippen molar-refractivity contribution in [1.82, 2.24) is 14.9 Å². The van der Waals surface area contributed by atoms with Crippen molar-refractivity contribution >= 4 is 40.5 Å². The lowest BCUT2D eigenvalue weighted by Crippen LogP contribution is -2.37. The van der Waals surface area contributed by atoms with Crippen LogP contribution in [0.25, 0.3) is 0 Å². The minimum atomic E-state index is -3.07. The van der Waals surface area contributed by atoms with Crippen LogP contribution in [0.5, 0.6) is 5.88 Å². The maximum Gasteiger partial charge on any atom is 0.299 e. The van der Waals surface area contributed by atoms with E-state index in [-0.39, 0.29) is 29.4 Å². The Labute approximate surface area is 218 Å². The third kappa shape index (κ3) is 6.27. The molecule has 0 saturated carbocycles. The molecule has 0 aliphatic carbocycles. The van der Waals surface area contributed by atoms with Crippen molar-refractivity contribution in [3.63, 3.8) is 0 Å². The number of amides is 1. The molecule has 0 bridgehead atoms. The number of fused-ring (bicyclic) bond motifs is 1. The zero-order valence-electron chi connectivity index (χ0n) is 20.7. The van der Waals surface area contributed by atoms with E-state index in [1.54, 1.807) is 6.07 Å². The molecule has 0 spiro atoms. The van der Waals surface area contributed by atoms with E-state index < -0.39 is 30.8 Å². The summed E-state index contributed by atoms with van der Waals surface area (Å²) in [4.78, 5) is 24.6. The highest BCUT2D eigenvalue weighted by Crippen LogP contribution is 2.39. The highest BCUT2D eigenvalue weighted by atomic mass is 35.5. The van der Waals surface area contributed by atoms with Crippen LogP contribution in [0.3, 0.4) is 0 Å². The standard InChI is InChI=1S/C24H29ClF2N6O4/c1-5-19(34)30-16-10-14(6-7-17(16)33(4)9-8-32(2)3)29-23-28-11-15(25)22(31-23)37-18-12-35-21-20(18)36-13-24(21,26)27/h5-7,10-11,18,20-21H,1,8-9,12-13H2,2-4H3,(H,30,34)(H,28,29,31)/t18-,20-,21+/m1/s1. The Hall–Kier alpha value is -3.06. The normalized spacial score (nSPS) is 22.0. The van der Waals surface area contributed by atoms with Crippen LogP contribution in [0.4, 0.5) is 31.8 Å². The van der Waals surface area contributed by atoms with Gasteiger partial charge in [-0.1, -0.05) is 18.2 Å². The van der Waals surface area contributed by atoms with E-state index in [9.17, 15) is 13.6 Å². The molecule has 13 heteroatoms. The van der Waals surface area contributed by atoms with Gasteiger partial charge in [0.1, 0.15) is 17.7 Å². The fourth-order valence-corrected chi connectivity index (χ4v) is 4.13. The van der Waals surface area contributed by atoms with Gasteiger partial charge < -0.3 is 34.6 Å². The molecule has 37 heavy (non-hydrogen) atoms. The summed E-state index contributed by atoms with van der Waals surface area (Å²) in [6, 6.07) is 5.41. The number of likely N-dealkylation sites (N-methyl/N-ethyl adjacent to an activating group) is 2. The summed E-state index contributed by atoms with van der Waals surface area (Å²) >= 11 is 6.21. The zero-order valence-corrected chi connectivity index (χ0v) is 21.5. The van der Waals surface area contributed by atoms with E-state index in [4.69, 9.17) is 25.8 Å². The Balaban J connectivity index is 1.51. The van der Waals surface area contributed by atoms with Gasteiger partial charge in [0.25, 0.3) is 5.92 Å². The number of alkyl halides is 2. The summed E-state index contributed by atoms with van der Waals surface area (Å²) in [5.74, 6) is -3.26. The fraction of sp³-hybridized carbons (Fsp3) is 0.458. The average Bonchev–Trinajstić information content (AvgIpc) is 3.40. The first-order valence-corrected chi connectivity index (χ1v) is 12.0. The molecule has 2 fully saturated rings. The summed E-state index contributed by atoms with van der Waals surface area (Å²) in [5.41, 5.74) is 1.96. The average molecular weight is 539 g/mol. The minimum absolute atomic E-state index is 0.00690. The summed E-state index contributed by atoms with van der Waals surface area (Å²) in [5, 5.41) is 5.99. The van der Waals surface area contributed by atoms with E-state index >= 15 is 0 Å². The third-order valence-corrected chi connectivity index (χ3v) is 6.21. The maximum atomic E-state index is 13.9. The molecule has 1 aromatic heterocycles. The van der Waals surface area contributed by atoms with Crippen molar-refractivity contribution in [2.75, 3.05) is 63.0 Å². The maximum absolute atomic E-state index is 13.9. The molecule has 2 aliphatic heterocycles. The predicted octanol–water partition coefficient (Wildman–Crippen LogP) is 3.18. The molecule has 10 nitrogen and oxygen atoms in total. The molecule has 2 aromatic rings. The summed E-state index contributed by atoms with van der Waals surface area (Å²) in [6.07, 6.45) is -0.555. The van der Waals surface area contributed by atoms with Gasteiger partial charge in [-0.2, -0.15) is 4.98 Å². The van der Waals surface area contributed by atoms with Crippen molar-refractivity contribution in [3.8, 4) is 5.88 Å². The van der Waals surface area contributed by atoms with Gasteiger partial charge in [-0.05, 0) is 38.4 Å². The van der Waals surface area contributed by atoms with Crippen LogP contribution in [0.1, 0.15) is 0 Å². The zero-order chi connectivity index (χ0) is 26.7. The second kappa shape index (κ2) is 11.1. The minimum Gasteiger partial charge on any atom is -0.468 e. The van der Waals surface area contributed by atoms with Gasteiger partial charge in [-0.15, -0.1) is 0 Å². The first kappa shape index (κ1) is 27.0. The predicted molar refractivity (Wildman–Crippen MR) is 136 cm³/mol. The Kier molecular flexibility index (Phi) is 8.12. The van der Waals surface area contributed by atoms with Crippen molar-refractivity contribution in [3.05, 3.63) is 42.1 Å². The van der Waals surface area contributed by atoms with E-state index in [0.29, 0.717) is 11.4 Å². The lowest BCUT2D eigenvalue weighted by atomic mass is 10.1. The number of anilines is 4. The van der Waals surface area contributed by atoms with Crippen molar-refractivity contribution < 1.29 is 27.8 Å². The second-order valence-electron chi connectivity index (χ2n) is 9.07. The van der Waals surface area contributed by atoms with Gasteiger partial charge in [0.05, 0.1) is 24.2 Å². The Morgan fingerprint density at radius 2 is 2.11 bits per heavy atom. The molecule has 1 amide bonds. The van der Waals surface area contributed by atoms with Crippen LogP contribution >= 0.6 is 11.6 Å². The van der Waals surface area contributed by atoms with Gasteiger partial charge >= 0.3 is 0 Å². The summed E-state index contributed by atoms with van der Waals surface area (Å²) < 4.78 is 44.0. The lowest BCUT2D eigenvalue weighted by Gasteiger charge is -2.24. The molecule has 2 aliphatic rings. The van der Waals surface area contributed by atoms with Crippen LogP contribution in [-0.4, -0.2) is 92.5 Å². The summed E-state index contributed by atoms with van der Waals surface area (Å²) in [6.45, 7) is 4.27. The van der Waals surface area contributed by atoms with Crippen LogP contribution < -0.4 is 20.3 Å². The molecule has 4 rings (SSSR count). The molecular formula is C24H29ClF2N6O4. The quantitative estimate of drug-likeness (QED) is 0.442. The SMILES string of the molecule is C=CC(=O)Nc1cc(Nc2ncc(Cl)c(O[C@@H]3CO[C@H]4[C@@H]3OCC4(F)F)n2)ccc1N(C)CCN(C)C. The van der Waals surface area contributed by atoms with Crippen LogP contribution in [0, 0.1) is 0 Å². The van der Waals surface area contributed by atoms with E-state index in [1.165, 1.54) is 12.3 Å². The molecule has 200 valence electrons. The summed E-state index contributed by atoms with van der Waals surface area (Å²) in [7, 11) is 5.90. The number of carbonyl (C=O) groups is 1. The lowest BCUT2D eigenvalue weighted by molar-refractivity contribution is -0.111. The third-order valence-electron chi connectivity index (χ3n) is 5.95. The van der Waals surface area contributed by atoms with E-state index in [1.807, 2.05) is 38.2 Å². The number of halogens is 3. The number of nitrogens with zero attached hydrogens (tertiary/aromatic N) is 4. The van der Waals surface area contributed by atoms with Crippen LogP contribution in [0.15, 0.2) is 37.1 Å². The molecule has 3 heterocycles. The fourth-order valence-electron chi connectivity index (χ4n) is 4.00. The van der Waals surface area contributed by atoms with Crippen molar-refractivity contribution in [2.24, 2.45) is 0 Å². The van der Waals surface area contributed by atoms with Gasteiger partial charge in [-0.25, -0.2) is 13.8 Å². The highest BCUT2D eigenvalue weighted by molar-refractivity contribution is 6.31. The Morgan fingerprint density at radius 1 is 1.32 bits per heavy atom. The number of benzene rings is 1. The number of rotatable bonds is 10. The van der Waals surface area contributed by atoms with Crippen LogP contribution in [-0.2, 0) is 14.3 Å². The Bertz CT molecular complexity index is 1150. The molecular weight excluding hydrogens is 510 g/mol. The van der Waals surface area contributed by atoms with Gasteiger partial charge in [0.2, 0.25) is 17.7 Å². The topological polar surface area (TPSA) is 101 Å². The molecule has 1 aromatic carbocycles.